The van der Waals surface area contributed by atoms with Crippen LogP contribution in [0.4, 0.5) is 21.5 Å². The van der Waals surface area contributed by atoms with Crippen LogP contribution in [0.2, 0.25) is 5.02 Å². The fraction of sp³-hybridized carbons (Fsp3) is 0. The topological polar surface area (TPSA) is 98.3 Å². The fourth-order valence-electron chi connectivity index (χ4n) is 1.69. The van der Waals surface area contributed by atoms with Crippen molar-refractivity contribution in [1.29, 1.82) is 0 Å². The summed E-state index contributed by atoms with van der Waals surface area (Å²) in [5.41, 5.74) is 4.66. The molecule has 6 nitrogen and oxygen atoms in total. The van der Waals surface area contributed by atoms with E-state index < -0.39 is 22.3 Å². The zero-order valence-electron chi connectivity index (χ0n) is 10.5. The molecule has 0 heterocycles. The third-order valence-electron chi connectivity index (χ3n) is 2.70. The maximum atomic E-state index is 13.8. The predicted molar refractivity (Wildman–Crippen MR) is 76.3 cm³/mol. The lowest BCUT2D eigenvalue weighted by Crippen LogP contribution is -2.11. The number of nitrogens with one attached hydrogen (secondary N) is 1. The molecular weight excluding hydrogens is 301 g/mol. The number of nitro benzene ring substituents is 1. The number of amides is 1. The van der Waals surface area contributed by atoms with Gasteiger partial charge in [0, 0.05) is 11.6 Å². The Kier molecular flexibility index (Phi) is 4.04. The van der Waals surface area contributed by atoms with Gasteiger partial charge < -0.3 is 11.1 Å². The lowest BCUT2D eigenvalue weighted by atomic mass is 10.1. The van der Waals surface area contributed by atoms with Gasteiger partial charge in [-0.05, 0) is 24.3 Å². The number of nitrogens with two attached hydrogens (primary N) is 1. The van der Waals surface area contributed by atoms with E-state index in [1.54, 1.807) is 0 Å². The first-order valence-corrected chi connectivity index (χ1v) is 6.07. The third-order valence-corrected chi connectivity index (χ3v) is 2.99. The Balaban J connectivity index is 2.46. The molecule has 2 aromatic carbocycles. The minimum absolute atomic E-state index is 0.0150. The Morgan fingerprint density at radius 2 is 2.00 bits per heavy atom. The summed E-state index contributed by atoms with van der Waals surface area (Å²) in [6, 6.07) is 7.84. The SMILES string of the molecule is NC(=O)c1ccc(Nc2cccc(Cl)c2F)c([N+](=O)[O-])c1. The van der Waals surface area contributed by atoms with Gasteiger partial charge in [-0.3, -0.25) is 14.9 Å². The second kappa shape index (κ2) is 5.76. The molecule has 0 radical (unpaired) electrons. The van der Waals surface area contributed by atoms with Crippen molar-refractivity contribution < 1.29 is 14.1 Å². The first-order valence-electron chi connectivity index (χ1n) is 5.69. The van der Waals surface area contributed by atoms with Gasteiger partial charge >= 0.3 is 0 Å². The van der Waals surface area contributed by atoms with Gasteiger partial charge in [-0.2, -0.15) is 0 Å². The molecular formula is C13H9ClFN3O3. The first kappa shape index (κ1) is 14.7. The Hall–Kier alpha value is -2.67. The first-order chi connectivity index (χ1) is 9.90. The number of primary amides is 1. The van der Waals surface area contributed by atoms with Gasteiger partial charge in [0.05, 0.1) is 15.6 Å². The Bertz CT molecular complexity index is 737. The highest BCUT2D eigenvalue weighted by Gasteiger charge is 2.18. The van der Waals surface area contributed by atoms with E-state index >= 15 is 0 Å². The van der Waals surface area contributed by atoms with Crippen LogP contribution in [0.25, 0.3) is 0 Å². The van der Waals surface area contributed by atoms with Crippen LogP contribution in [-0.4, -0.2) is 10.8 Å². The van der Waals surface area contributed by atoms with Gasteiger partial charge in [0.15, 0.2) is 5.82 Å². The van der Waals surface area contributed by atoms with E-state index in [9.17, 15) is 19.3 Å². The molecule has 0 spiro atoms. The van der Waals surface area contributed by atoms with E-state index in [1.165, 1.54) is 30.3 Å². The van der Waals surface area contributed by atoms with Crippen molar-refractivity contribution in [1.82, 2.24) is 0 Å². The molecule has 0 aliphatic carbocycles. The summed E-state index contributed by atoms with van der Waals surface area (Å²) in [7, 11) is 0. The number of anilines is 2. The van der Waals surface area contributed by atoms with Gasteiger partial charge in [-0.1, -0.05) is 17.7 Å². The van der Waals surface area contributed by atoms with Crippen molar-refractivity contribution in [2.24, 2.45) is 5.73 Å². The van der Waals surface area contributed by atoms with Crippen molar-refractivity contribution in [2.75, 3.05) is 5.32 Å². The average Bonchev–Trinajstić information content (AvgIpc) is 2.43. The summed E-state index contributed by atoms with van der Waals surface area (Å²) < 4.78 is 13.8. The highest BCUT2D eigenvalue weighted by Crippen LogP contribution is 2.31. The maximum Gasteiger partial charge on any atom is 0.293 e. The molecule has 0 atom stereocenters. The molecule has 0 bridgehead atoms. The number of hydrogen-bond donors (Lipinski definition) is 2. The summed E-state index contributed by atoms with van der Waals surface area (Å²) in [6.07, 6.45) is 0. The monoisotopic (exact) mass is 309 g/mol. The van der Waals surface area contributed by atoms with Gasteiger partial charge in [0.1, 0.15) is 5.69 Å². The second-order valence-electron chi connectivity index (χ2n) is 4.08. The summed E-state index contributed by atoms with van der Waals surface area (Å²) in [4.78, 5) is 21.4. The van der Waals surface area contributed by atoms with Gasteiger partial charge in [0.2, 0.25) is 5.91 Å². The van der Waals surface area contributed by atoms with Crippen molar-refractivity contribution in [3.05, 3.63) is 62.9 Å². The molecule has 0 aromatic heterocycles. The summed E-state index contributed by atoms with van der Waals surface area (Å²) in [6.45, 7) is 0. The van der Waals surface area contributed by atoms with Crippen LogP contribution < -0.4 is 11.1 Å². The highest BCUT2D eigenvalue weighted by molar-refractivity contribution is 6.31. The van der Waals surface area contributed by atoms with Crippen molar-refractivity contribution in [2.45, 2.75) is 0 Å². The van der Waals surface area contributed by atoms with Crippen LogP contribution >= 0.6 is 11.6 Å². The molecule has 1 amide bonds. The quantitative estimate of drug-likeness (QED) is 0.669. The molecule has 0 saturated heterocycles. The van der Waals surface area contributed by atoms with Crippen molar-refractivity contribution >= 4 is 34.6 Å². The van der Waals surface area contributed by atoms with Crippen molar-refractivity contribution in [3.63, 3.8) is 0 Å². The Morgan fingerprint density at radius 1 is 1.29 bits per heavy atom. The van der Waals surface area contributed by atoms with Crippen LogP contribution in [-0.2, 0) is 0 Å². The normalized spacial score (nSPS) is 10.2. The molecule has 0 fully saturated rings. The van der Waals surface area contributed by atoms with E-state index in [1.807, 2.05) is 0 Å². The van der Waals surface area contributed by atoms with Gasteiger partial charge in [-0.15, -0.1) is 0 Å². The summed E-state index contributed by atoms with van der Waals surface area (Å²) in [5, 5.41) is 13.5. The average molecular weight is 310 g/mol. The lowest BCUT2D eigenvalue weighted by Gasteiger charge is -2.09. The molecule has 2 aromatic rings. The molecule has 0 aliphatic rings. The molecule has 0 saturated carbocycles. The second-order valence-corrected chi connectivity index (χ2v) is 4.49. The predicted octanol–water partition coefficient (Wildman–Crippen LogP) is 3.23. The van der Waals surface area contributed by atoms with Crippen LogP contribution in [0.3, 0.4) is 0 Å². The molecule has 2 rings (SSSR count). The third kappa shape index (κ3) is 3.09. The van der Waals surface area contributed by atoms with Crippen LogP contribution in [0, 0.1) is 15.9 Å². The van der Waals surface area contributed by atoms with E-state index in [0.717, 1.165) is 6.07 Å². The lowest BCUT2D eigenvalue weighted by molar-refractivity contribution is -0.383. The Morgan fingerprint density at radius 3 is 2.62 bits per heavy atom. The van der Waals surface area contributed by atoms with Crippen molar-refractivity contribution in [3.8, 4) is 0 Å². The smallest absolute Gasteiger partial charge is 0.293 e. The van der Waals surface area contributed by atoms with Crippen LogP contribution in [0.5, 0.6) is 0 Å². The summed E-state index contributed by atoms with van der Waals surface area (Å²) >= 11 is 5.64. The van der Waals surface area contributed by atoms with Crippen LogP contribution in [0.1, 0.15) is 10.4 Å². The van der Waals surface area contributed by atoms with Gasteiger partial charge in [0.25, 0.3) is 5.69 Å². The fourth-order valence-corrected chi connectivity index (χ4v) is 1.86. The minimum Gasteiger partial charge on any atom is -0.366 e. The zero-order valence-corrected chi connectivity index (χ0v) is 11.2. The number of nitrogens with zero attached hydrogens (tertiary/aromatic N) is 1. The molecule has 3 N–H and O–H groups in total. The number of benzene rings is 2. The molecule has 0 aliphatic heterocycles. The number of nitro groups is 1. The highest BCUT2D eigenvalue weighted by atomic mass is 35.5. The number of rotatable bonds is 4. The molecule has 8 heteroatoms. The van der Waals surface area contributed by atoms with E-state index in [-0.39, 0.29) is 22.0 Å². The number of carbonyl (C=O) groups is 1. The van der Waals surface area contributed by atoms with E-state index in [4.69, 9.17) is 17.3 Å². The number of carbonyl (C=O) groups excluding carboxylic acids is 1. The van der Waals surface area contributed by atoms with E-state index in [2.05, 4.69) is 5.32 Å². The van der Waals surface area contributed by atoms with Gasteiger partial charge in [-0.25, -0.2) is 4.39 Å². The maximum absolute atomic E-state index is 13.8. The zero-order chi connectivity index (χ0) is 15.6. The largest absolute Gasteiger partial charge is 0.366 e. The van der Waals surface area contributed by atoms with E-state index in [0.29, 0.717) is 0 Å². The molecule has 108 valence electrons. The minimum atomic E-state index is -0.793. The Labute approximate surface area is 123 Å². The van der Waals surface area contributed by atoms with Crippen LogP contribution in [0.15, 0.2) is 36.4 Å². The molecule has 0 unspecified atom stereocenters. The number of hydrogen-bond acceptors (Lipinski definition) is 4. The standard InChI is InChI=1S/C13H9ClFN3O3/c14-8-2-1-3-10(12(8)15)17-9-5-4-7(13(16)19)6-11(9)18(20)21/h1-6,17H,(H2,16,19). The number of halogens is 2. The summed E-state index contributed by atoms with van der Waals surface area (Å²) in [5.74, 6) is -1.52. The molecule has 21 heavy (non-hydrogen) atoms.